The highest BCUT2D eigenvalue weighted by atomic mass is 16.3. The lowest BCUT2D eigenvalue weighted by molar-refractivity contribution is -0.118. The summed E-state index contributed by atoms with van der Waals surface area (Å²) in [4.78, 5) is 37.5. The SMILES string of the molecule is CCNC(=O)NC(=O)CNc1ccccc1C(=O)N1CCCC1CO. The van der Waals surface area contributed by atoms with Gasteiger partial charge in [0.1, 0.15) is 0 Å². The lowest BCUT2D eigenvalue weighted by Gasteiger charge is -2.24. The van der Waals surface area contributed by atoms with Crippen LogP contribution in [0.3, 0.4) is 0 Å². The molecule has 0 saturated carbocycles. The van der Waals surface area contributed by atoms with Crippen LogP contribution in [0.4, 0.5) is 10.5 Å². The highest BCUT2D eigenvalue weighted by Crippen LogP contribution is 2.23. The second-order valence-corrected chi connectivity index (χ2v) is 5.78. The number of carbonyl (C=O) groups is 3. The first-order chi connectivity index (χ1) is 12.1. The molecule has 1 aliphatic heterocycles. The van der Waals surface area contributed by atoms with Gasteiger partial charge in [0.25, 0.3) is 5.91 Å². The number of urea groups is 1. The zero-order valence-electron chi connectivity index (χ0n) is 14.2. The van der Waals surface area contributed by atoms with Crippen molar-refractivity contribution >= 4 is 23.5 Å². The number of nitrogens with one attached hydrogen (secondary N) is 3. The molecule has 0 aliphatic carbocycles. The number of hydrogen-bond acceptors (Lipinski definition) is 5. The second kappa shape index (κ2) is 9.03. The number of hydrogen-bond donors (Lipinski definition) is 4. The van der Waals surface area contributed by atoms with Crippen LogP contribution in [-0.2, 0) is 4.79 Å². The van der Waals surface area contributed by atoms with E-state index in [1.807, 2.05) is 0 Å². The molecule has 0 spiro atoms. The van der Waals surface area contributed by atoms with E-state index in [4.69, 9.17) is 0 Å². The Morgan fingerprint density at radius 2 is 2.04 bits per heavy atom. The molecule has 8 heteroatoms. The fourth-order valence-corrected chi connectivity index (χ4v) is 2.82. The van der Waals surface area contributed by atoms with Crippen molar-refractivity contribution in [2.45, 2.75) is 25.8 Å². The predicted molar refractivity (Wildman–Crippen MR) is 93.3 cm³/mol. The van der Waals surface area contributed by atoms with Gasteiger partial charge >= 0.3 is 6.03 Å². The van der Waals surface area contributed by atoms with Crippen molar-refractivity contribution in [1.82, 2.24) is 15.5 Å². The minimum Gasteiger partial charge on any atom is -0.394 e. The van der Waals surface area contributed by atoms with Crippen LogP contribution in [0.25, 0.3) is 0 Å². The van der Waals surface area contributed by atoms with Crippen molar-refractivity contribution in [3.63, 3.8) is 0 Å². The van der Waals surface area contributed by atoms with E-state index in [0.717, 1.165) is 12.8 Å². The molecule has 0 aromatic heterocycles. The van der Waals surface area contributed by atoms with Crippen LogP contribution in [0.2, 0.25) is 0 Å². The Bertz CT molecular complexity index is 635. The number of likely N-dealkylation sites (tertiary alicyclic amines) is 1. The highest BCUT2D eigenvalue weighted by Gasteiger charge is 2.29. The summed E-state index contributed by atoms with van der Waals surface area (Å²) in [5, 5.41) is 17.0. The van der Waals surface area contributed by atoms with Crippen molar-refractivity contribution in [3.8, 4) is 0 Å². The fourth-order valence-electron chi connectivity index (χ4n) is 2.82. The molecule has 1 aromatic carbocycles. The molecule has 8 nitrogen and oxygen atoms in total. The summed E-state index contributed by atoms with van der Waals surface area (Å²) in [5.74, 6) is -0.675. The fraction of sp³-hybridized carbons (Fsp3) is 0.471. The molecule has 1 saturated heterocycles. The second-order valence-electron chi connectivity index (χ2n) is 5.78. The lowest BCUT2D eigenvalue weighted by atomic mass is 10.1. The van der Waals surface area contributed by atoms with E-state index in [9.17, 15) is 19.5 Å². The number of aliphatic hydroxyl groups excluding tert-OH is 1. The van der Waals surface area contributed by atoms with Gasteiger partial charge in [-0.05, 0) is 31.9 Å². The third kappa shape index (κ3) is 4.93. The van der Waals surface area contributed by atoms with Gasteiger partial charge in [-0.25, -0.2) is 4.79 Å². The van der Waals surface area contributed by atoms with E-state index in [0.29, 0.717) is 24.3 Å². The van der Waals surface area contributed by atoms with E-state index in [2.05, 4.69) is 16.0 Å². The van der Waals surface area contributed by atoms with Crippen LogP contribution in [0.5, 0.6) is 0 Å². The number of aliphatic hydroxyl groups is 1. The van der Waals surface area contributed by atoms with Crippen molar-refractivity contribution in [2.24, 2.45) is 0 Å². The zero-order chi connectivity index (χ0) is 18.2. The smallest absolute Gasteiger partial charge is 0.321 e. The van der Waals surface area contributed by atoms with E-state index in [-0.39, 0.29) is 25.1 Å². The summed E-state index contributed by atoms with van der Waals surface area (Å²) in [6, 6.07) is 6.17. The molecule has 1 unspecified atom stereocenters. The molecule has 1 fully saturated rings. The standard InChI is InChI=1S/C17H24N4O4/c1-2-18-17(25)20-15(23)10-19-14-8-4-3-7-13(14)16(24)21-9-5-6-12(21)11-22/h3-4,7-8,12,19,22H,2,5-6,9-11H2,1H3,(H2,18,20,23,25). The number of carbonyl (C=O) groups excluding carboxylic acids is 3. The van der Waals surface area contributed by atoms with Crippen molar-refractivity contribution < 1.29 is 19.5 Å². The van der Waals surface area contributed by atoms with Crippen LogP contribution in [0.1, 0.15) is 30.1 Å². The molecule has 0 radical (unpaired) electrons. The van der Waals surface area contributed by atoms with Crippen LogP contribution in [-0.4, -0.2) is 60.1 Å². The third-order valence-electron chi connectivity index (χ3n) is 4.04. The summed E-state index contributed by atoms with van der Waals surface area (Å²) in [7, 11) is 0. The van der Waals surface area contributed by atoms with Gasteiger partial charge in [-0.15, -0.1) is 0 Å². The Morgan fingerprint density at radius 1 is 1.28 bits per heavy atom. The van der Waals surface area contributed by atoms with Gasteiger partial charge in [0.15, 0.2) is 0 Å². The molecule has 0 bridgehead atoms. The van der Waals surface area contributed by atoms with Gasteiger partial charge in [-0.2, -0.15) is 0 Å². The topological polar surface area (TPSA) is 111 Å². The first-order valence-electron chi connectivity index (χ1n) is 8.39. The predicted octanol–water partition coefficient (Wildman–Crippen LogP) is 0.541. The zero-order valence-corrected chi connectivity index (χ0v) is 14.2. The van der Waals surface area contributed by atoms with Crippen LogP contribution < -0.4 is 16.0 Å². The number of benzene rings is 1. The maximum Gasteiger partial charge on any atom is 0.321 e. The molecular weight excluding hydrogens is 324 g/mol. The highest BCUT2D eigenvalue weighted by molar-refractivity contribution is 6.01. The van der Waals surface area contributed by atoms with Crippen molar-refractivity contribution in [3.05, 3.63) is 29.8 Å². The monoisotopic (exact) mass is 348 g/mol. The van der Waals surface area contributed by atoms with E-state index < -0.39 is 11.9 Å². The van der Waals surface area contributed by atoms with Crippen molar-refractivity contribution in [2.75, 3.05) is 31.6 Å². The van der Waals surface area contributed by atoms with Gasteiger partial charge in [0.05, 0.1) is 24.8 Å². The molecule has 1 aliphatic rings. The van der Waals surface area contributed by atoms with Gasteiger partial charge < -0.3 is 20.6 Å². The van der Waals surface area contributed by atoms with Crippen molar-refractivity contribution in [1.29, 1.82) is 0 Å². The average molecular weight is 348 g/mol. The Morgan fingerprint density at radius 3 is 2.76 bits per heavy atom. The maximum absolute atomic E-state index is 12.8. The Hall–Kier alpha value is -2.61. The lowest BCUT2D eigenvalue weighted by Crippen LogP contribution is -2.42. The number of para-hydroxylation sites is 1. The molecule has 4 N–H and O–H groups in total. The maximum atomic E-state index is 12.8. The van der Waals surface area contributed by atoms with Gasteiger partial charge in [-0.3, -0.25) is 14.9 Å². The summed E-state index contributed by atoms with van der Waals surface area (Å²) >= 11 is 0. The number of anilines is 1. The molecule has 1 heterocycles. The normalized spacial score (nSPS) is 16.4. The Kier molecular flexibility index (Phi) is 6.76. The summed E-state index contributed by atoms with van der Waals surface area (Å²) < 4.78 is 0. The number of nitrogens with zero attached hydrogens (tertiary/aromatic N) is 1. The third-order valence-corrected chi connectivity index (χ3v) is 4.04. The molecule has 1 atom stereocenters. The Balaban J connectivity index is 2.01. The van der Waals surface area contributed by atoms with Crippen LogP contribution >= 0.6 is 0 Å². The van der Waals surface area contributed by atoms with Crippen LogP contribution in [0.15, 0.2) is 24.3 Å². The first kappa shape index (κ1) is 18.7. The summed E-state index contributed by atoms with van der Waals surface area (Å²) in [6.45, 7) is 2.59. The molecule has 4 amide bonds. The van der Waals surface area contributed by atoms with E-state index in [1.165, 1.54) is 0 Å². The first-order valence-corrected chi connectivity index (χ1v) is 8.39. The molecule has 1 aromatic rings. The molecule has 136 valence electrons. The number of amides is 4. The van der Waals surface area contributed by atoms with Gasteiger partial charge in [0.2, 0.25) is 5.91 Å². The Labute approximate surface area is 146 Å². The largest absolute Gasteiger partial charge is 0.394 e. The van der Waals surface area contributed by atoms with Gasteiger partial charge in [-0.1, -0.05) is 12.1 Å². The van der Waals surface area contributed by atoms with E-state index >= 15 is 0 Å². The summed E-state index contributed by atoms with van der Waals surface area (Å²) in [6.07, 6.45) is 1.65. The number of rotatable bonds is 6. The van der Waals surface area contributed by atoms with Gasteiger partial charge in [0, 0.05) is 18.8 Å². The van der Waals surface area contributed by atoms with E-state index in [1.54, 1.807) is 36.1 Å². The van der Waals surface area contributed by atoms with Crippen LogP contribution in [0, 0.1) is 0 Å². The molecule has 2 rings (SSSR count). The average Bonchev–Trinajstić information content (AvgIpc) is 3.08. The minimum absolute atomic E-state index is 0.0592. The quantitative estimate of drug-likeness (QED) is 0.600. The molecular formula is C17H24N4O4. The molecule has 25 heavy (non-hydrogen) atoms. The number of imide groups is 1. The minimum atomic E-state index is -0.554. The summed E-state index contributed by atoms with van der Waals surface area (Å²) in [5.41, 5.74) is 0.954.